The van der Waals surface area contributed by atoms with Gasteiger partial charge in [0.1, 0.15) is 11.6 Å². The van der Waals surface area contributed by atoms with Crippen LogP contribution in [0.15, 0.2) is 12.4 Å². The Morgan fingerprint density at radius 3 is 1.59 bits per heavy atom. The zero-order valence-corrected chi connectivity index (χ0v) is 19.6. The van der Waals surface area contributed by atoms with Gasteiger partial charge >= 0.3 is 0 Å². The Balaban J connectivity index is 1.76. The van der Waals surface area contributed by atoms with Crippen LogP contribution >= 0.6 is 0 Å². The fourth-order valence-electron chi connectivity index (χ4n) is 3.98. The minimum absolute atomic E-state index is 1.11. The third-order valence-electron chi connectivity index (χ3n) is 6.28. The van der Waals surface area contributed by atoms with Crippen LogP contribution in [0.3, 0.4) is 0 Å². The van der Waals surface area contributed by atoms with Gasteiger partial charge in [0.15, 0.2) is 0 Å². The predicted octanol–water partition coefficient (Wildman–Crippen LogP) is 5.00. The van der Waals surface area contributed by atoms with E-state index in [0.717, 1.165) is 24.5 Å². The molecule has 0 aliphatic carbocycles. The Morgan fingerprint density at radius 1 is 0.690 bits per heavy atom. The second-order valence-electron chi connectivity index (χ2n) is 8.53. The van der Waals surface area contributed by atoms with Gasteiger partial charge in [0, 0.05) is 37.9 Å². The first-order chi connectivity index (χ1) is 14.0. The third kappa shape index (κ3) is 7.96. The summed E-state index contributed by atoms with van der Waals surface area (Å²) in [6.07, 6.45) is 16.9. The number of rotatable bonds is 15. The van der Waals surface area contributed by atoms with Gasteiger partial charge in [0.05, 0.1) is 0 Å². The monoisotopic (exact) mass is 401 g/mol. The van der Waals surface area contributed by atoms with Crippen molar-refractivity contribution in [2.45, 2.75) is 85.0 Å². The molecule has 2 aromatic heterocycles. The summed E-state index contributed by atoms with van der Waals surface area (Å²) in [5.41, 5.74) is 2.71. The zero-order valence-electron chi connectivity index (χ0n) is 19.6. The summed E-state index contributed by atoms with van der Waals surface area (Å²) in [5.74, 6) is 2.21. The summed E-state index contributed by atoms with van der Waals surface area (Å²) >= 11 is 0. The van der Waals surface area contributed by atoms with Crippen molar-refractivity contribution in [3.05, 3.63) is 35.4 Å². The lowest BCUT2D eigenvalue weighted by molar-refractivity contribution is 0.259. The highest BCUT2D eigenvalue weighted by Gasteiger charge is 2.09. The van der Waals surface area contributed by atoms with Crippen LogP contribution in [0.5, 0.6) is 0 Å². The first-order valence-corrected chi connectivity index (χ1v) is 11.7. The van der Waals surface area contributed by atoms with Crippen LogP contribution in [0, 0.1) is 13.8 Å². The number of hydrogen-bond acceptors (Lipinski definition) is 3. The molecule has 5 heteroatoms. The van der Waals surface area contributed by atoms with Crippen molar-refractivity contribution in [2.75, 3.05) is 19.6 Å². The molecule has 0 bridgehead atoms. The summed E-state index contributed by atoms with van der Waals surface area (Å²) in [5, 5.41) is 0. The summed E-state index contributed by atoms with van der Waals surface area (Å²) in [6, 6.07) is 0. The number of aromatic nitrogens is 4. The number of aryl methyl sites for hydroxylation is 4. The minimum atomic E-state index is 1.11. The van der Waals surface area contributed by atoms with Crippen molar-refractivity contribution in [3.63, 3.8) is 0 Å². The first kappa shape index (κ1) is 23.7. The van der Waals surface area contributed by atoms with Crippen LogP contribution in [-0.2, 0) is 26.9 Å². The SMILES string of the molecule is CCCCCCCCN(CCCc1cnc(C)n1C)CCCc1cnc(C)n1C. The van der Waals surface area contributed by atoms with Gasteiger partial charge in [-0.05, 0) is 65.6 Å². The molecule has 0 aliphatic rings. The zero-order chi connectivity index (χ0) is 21.1. The Morgan fingerprint density at radius 2 is 1.14 bits per heavy atom. The summed E-state index contributed by atoms with van der Waals surface area (Å²) in [4.78, 5) is 11.6. The average Bonchev–Trinajstić information content (AvgIpc) is 3.20. The van der Waals surface area contributed by atoms with Gasteiger partial charge < -0.3 is 14.0 Å². The molecule has 2 rings (SSSR count). The van der Waals surface area contributed by atoms with E-state index in [1.807, 2.05) is 12.4 Å². The number of imidazole rings is 2. The van der Waals surface area contributed by atoms with E-state index < -0.39 is 0 Å². The lowest BCUT2D eigenvalue weighted by Gasteiger charge is -2.22. The fraction of sp³-hybridized carbons (Fsp3) is 0.750. The number of hydrogen-bond donors (Lipinski definition) is 0. The smallest absolute Gasteiger partial charge is 0.105 e. The quantitative estimate of drug-likeness (QED) is 0.394. The van der Waals surface area contributed by atoms with Gasteiger partial charge in [-0.1, -0.05) is 39.0 Å². The molecular formula is C24H43N5. The van der Waals surface area contributed by atoms with E-state index in [9.17, 15) is 0 Å². The molecule has 0 radical (unpaired) electrons. The van der Waals surface area contributed by atoms with Gasteiger partial charge in [-0.25, -0.2) is 9.97 Å². The summed E-state index contributed by atoms with van der Waals surface area (Å²) in [6.45, 7) is 10.0. The van der Waals surface area contributed by atoms with Crippen LogP contribution < -0.4 is 0 Å². The van der Waals surface area contributed by atoms with Crippen LogP contribution in [0.25, 0.3) is 0 Å². The second kappa shape index (κ2) is 12.8. The number of nitrogens with zero attached hydrogens (tertiary/aromatic N) is 5. The molecular weight excluding hydrogens is 358 g/mol. The average molecular weight is 402 g/mol. The van der Waals surface area contributed by atoms with Gasteiger partial charge in [-0.3, -0.25) is 0 Å². The van der Waals surface area contributed by atoms with Crippen molar-refractivity contribution in [1.29, 1.82) is 0 Å². The van der Waals surface area contributed by atoms with Crippen molar-refractivity contribution in [1.82, 2.24) is 24.0 Å². The summed E-state index contributed by atoms with van der Waals surface area (Å²) < 4.78 is 4.45. The normalized spacial score (nSPS) is 11.7. The first-order valence-electron chi connectivity index (χ1n) is 11.7. The standard InChI is InChI=1S/C24H43N5/c1-6-7-8-9-10-11-16-29(17-12-14-23-19-25-21(2)27(23)4)18-13-15-24-20-26-22(3)28(24)5/h19-20H,6-18H2,1-5H3. The van der Waals surface area contributed by atoms with Crippen molar-refractivity contribution in [3.8, 4) is 0 Å². The Kier molecular flexibility index (Phi) is 10.5. The fourth-order valence-corrected chi connectivity index (χ4v) is 3.98. The molecule has 29 heavy (non-hydrogen) atoms. The maximum atomic E-state index is 4.43. The highest BCUT2D eigenvalue weighted by atomic mass is 15.1. The van der Waals surface area contributed by atoms with Gasteiger partial charge in [0.2, 0.25) is 0 Å². The van der Waals surface area contributed by atoms with E-state index in [1.54, 1.807) is 0 Å². The summed E-state index contributed by atoms with van der Waals surface area (Å²) in [7, 11) is 4.25. The Hall–Kier alpha value is -1.62. The lowest BCUT2D eigenvalue weighted by Crippen LogP contribution is -2.28. The third-order valence-corrected chi connectivity index (χ3v) is 6.28. The van der Waals surface area contributed by atoms with Crippen molar-refractivity contribution >= 4 is 0 Å². The molecule has 0 saturated heterocycles. The molecule has 0 N–H and O–H groups in total. The van der Waals surface area contributed by atoms with Gasteiger partial charge in [-0.2, -0.15) is 0 Å². The van der Waals surface area contributed by atoms with Crippen molar-refractivity contribution < 1.29 is 0 Å². The van der Waals surface area contributed by atoms with E-state index in [4.69, 9.17) is 0 Å². The van der Waals surface area contributed by atoms with Crippen LogP contribution in [-0.4, -0.2) is 43.6 Å². The lowest BCUT2D eigenvalue weighted by atomic mass is 10.1. The van der Waals surface area contributed by atoms with Crippen LogP contribution in [0.4, 0.5) is 0 Å². The van der Waals surface area contributed by atoms with Crippen LogP contribution in [0.2, 0.25) is 0 Å². The number of unbranched alkanes of at least 4 members (excludes halogenated alkanes) is 5. The topological polar surface area (TPSA) is 38.9 Å². The molecule has 0 aromatic carbocycles. The molecule has 164 valence electrons. The molecule has 0 aliphatic heterocycles. The molecule has 0 atom stereocenters. The Labute approximate surface area is 178 Å². The van der Waals surface area contributed by atoms with E-state index in [2.05, 4.69) is 58.9 Å². The molecule has 2 aromatic rings. The molecule has 0 unspecified atom stereocenters. The largest absolute Gasteiger partial charge is 0.335 e. The molecule has 0 amide bonds. The Bertz CT molecular complexity index is 648. The molecule has 5 nitrogen and oxygen atoms in total. The van der Waals surface area contributed by atoms with E-state index >= 15 is 0 Å². The predicted molar refractivity (Wildman–Crippen MR) is 122 cm³/mol. The van der Waals surface area contributed by atoms with E-state index in [1.165, 1.54) is 82.4 Å². The highest BCUT2D eigenvalue weighted by molar-refractivity contribution is 5.04. The highest BCUT2D eigenvalue weighted by Crippen LogP contribution is 2.11. The van der Waals surface area contributed by atoms with E-state index in [-0.39, 0.29) is 0 Å². The molecule has 2 heterocycles. The molecule has 0 fully saturated rings. The molecule has 0 spiro atoms. The van der Waals surface area contributed by atoms with E-state index in [0.29, 0.717) is 0 Å². The van der Waals surface area contributed by atoms with Gasteiger partial charge in [-0.15, -0.1) is 0 Å². The second-order valence-corrected chi connectivity index (χ2v) is 8.53. The van der Waals surface area contributed by atoms with Crippen molar-refractivity contribution in [2.24, 2.45) is 14.1 Å². The molecule has 0 saturated carbocycles. The minimum Gasteiger partial charge on any atom is -0.335 e. The van der Waals surface area contributed by atoms with Crippen LogP contribution in [0.1, 0.15) is 81.3 Å². The maximum Gasteiger partial charge on any atom is 0.105 e. The van der Waals surface area contributed by atoms with Gasteiger partial charge in [0.25, 0.3) is 0 Å². The maximum absolute atomic E-state index is 4.43.